The van der Waals surface area contributed by atoms with Gasteiger partial charge in [0.15, 0.2) is 6.10 Å². The Morgan fingerprint density at radius 3 is 2.80 bits per heavy atom. The van der Waals surface area contributed by atoms with E-state index in [1.165, 1.54) is 6.07 Å². The standard InChI is InChI=1S/C20H15NO4/c1-12(20(23)16-11-21-17-5-3-2-4-15(16)17)24-14-8-6-13-7-9-19(22)25-18(13)10-14/h2-12,21H,1H3/t12-/m1/s1. The van der Waals surface area contributed by atoms with Crippen molar-refractivity contribution in [2.24, 2.45) is 0 Å². The topological polar surface area (TPSA) is 72.3 Å². The van der Waals surface area contributed by atoms with Crippen LogP contribution in [0.1, 0.15) is 17.3 Å². The quantitative estimate of drug-likeness (QED) is 0.454. The summed E-state index contributed by atoms with van der Waals surface area (Å²) in [5.74, 6) is 0.356. The number of aromatic amines is 1. The summed E-state index contributed by atoms with van der Waals surface area (Å²) in [7, 11) is 0. The van der Waals surface area contributed by atoms with Crippen molar-refractivity contribution < 1.29 is 13.9 Å². The van der Waals surface area contributed by atoms with E-state index in [1.54, 1.807) is 37.4 Å². The number of ether oxygens (including phenoxy) is 1. The average Bonchev–Trinajstić information content (AvgIpc) is 3.04. The van der Waals surface area contributed by atoms with E-state index in [0.29, 0.717) is 16.9 Å². The van der Waals surface area contributed by atoms with Crippen molar-refractivity contribution in [2.45, 2.75) is 13.0 Å². The van der Waals surface area contributed by atoms with Gasteiger partial charge in [0, 0.05) is 40.2 Å². The minimum absolute atomic E-state index is 0.118. The summed E-state index contributed by atoms with van der Waals surface area (Å²) >= 11 is 0. The molecule has 0 saturated carbocycles. The average molecular weight is 333 g/mol. The van der Waals surface area contributed by atoms with Gasteiger partial charge in [-0.3, -0.25) is 4.79 Å². The van der Waals surface area contributed by atoms with Crippen LogP contribution in [0.25, 0.3) is 21.9 Å². The highest BCUT2D eigenvalue weighted by Gasteiger charge is 2.20. The van der Waals surface area contributed by atoms with Gasteiger partial charge in [0.1, 0.15) is 11.3 Å². The molecule has 5 heteroatoms. The normalized spacial score (nSPS) is 12.4. The van der Waals surface area contributed by atoms with Crippen molar-refractivity contribution in [2.75, 3.05) is 0 Å². The van der Waals surface area contributed by atoms with Gasteiger partial charge in [-0.15, -0.1) is 0 Å². The number of hydrogen-bond acceptors (Lipinski definition) is 4. The Kier molecular flexibility index (Phi) is 3.61. The van der Waals surface area contributed by atoms with Gasteiger partial charge in [-0.25, -0.2) is 4.79 Å². The van der Waals surface area contributed by atoms with Crippen LogP contribution in [0.4, 0.5) is 0 Å². The van der Waals surface area contributed by atoms with Gasteiger partial charge in [0.2, 0.25) is 5.78 Å². The van der Waals surface area contributed by atoms with Crippen molar-refractivity contribution >= 4 is 27.7 Å². The fourth-order valence-corrected chi connectivity index (χ4v) is 2.87. The lowest BCUT2D eigenvalue weighted by Crippen LogP contribution is -2.23. The second kappa shape index (κ2) is 5.94. The lowest BCUT2D eigenvalue weighted by atomic mass is 10.1. The first-order valence-electron chi connectivity index (χ1n) is 7.93. The molecule has 0 aliphatic carbocycles. The molecule has 0 saturated heterocycles. The Morgan fingerprint density at radius 1 is 1.12 bits per heavy atom. The molecule has 0 bridgehead atoms. The molecule has 1 N–H and O–H groups in total. The minimum atomic E-state index is -0.674. The van der Waals surface area contributed by atoms with Gasteiger partial charge in [-0.2, -0.15) is 0 Å². The van der Waals surface area contributed by atoms with Gasteiger partial charge in [-0.1, -0.05) is 18.2 Å². The lowest BCUT2D eigenvalue weighted by Gasteiger charge is -2.13. The SMILES string of the molecule is C[C@@H](Oc1ccc2ccc(=O)oc2c1)C(=O)c1c[nH]c2ccccc12. The van der Waals surface area contributed by atoms with Crippen molar-refractivity contribution in [3.63, 3.8) is 0 Å². The van der Waals surface area contributed by atoms with Crippen LogP contribution in [0.3, 0.4) is 0 Å². The number of Topliss-reactive ketones (excluding diaryl/α,β-unsaturated/α-hetero) is 1. The van der Waals surface area contributed by atoms with E-state index in [1.807, 2.05) is 24.3 Å². The zero-order valence-corrected chi connectivity index (χ0v) is 13.5. The number of carbonyl (C=O) groups excluding carboxylic acids is 1. The molecule has 0 amide bonds. The molecule has 2 aromatic heterocycles. The van der Waals surface area contributed by atoms with Crippen LogP contribution in [0.2, 0.25) is 0 Å². The minimum Gasteiger partial charge on any atom is -0.482 e. The largest absolute Gasteiger partial charge is 0.482 e. The molecular weight excluding hydrogens is 318 g/mol. The maximum Gasteiger partial charge on any atom is 0.336 e. The van der Waals surface area contributed by atoms with Gasteiger partial charge in [-0.05, 0) is 31.2 Å². The highest BCUT2D eigenvalue weighted by atomic mass is 16.5. The first-order chi connectivity index (χ1) is 12.1. The molecule has 4 rings (SSSR count). The van der Waals surface area contributed by atoms with E-state index in [9.17, 15) is 9.59 Å². The smallest absolute Gasteiger partial charge is 0.336 e. The maximum absolute atomic E-state index is 12.7. The van der Waals surface area contributed by atoms with Crippen molar-refractivity contribution in [1.82, 2.24) is 4.98 Å². The summed E-state index contributed by atoms with van der Waals surface area (Å²) in [5.41, 5.74) is 1.50. The molecule has 1 atom stereocenters. The number of hydrogen-bond donors (Lipinski definition) is 1. The van der Waals surface area contributed by atoms with Crippen molar-refractivity contribution in [3.8, 4) is 5.75 Å². The highest BCUT2D eigenvalue weighted by Crippen LogP contribution is 2.23. The number of fused-ring (bicyclic) bond motifs is 2. The van der Waals surface area contributed by atoms with Crippen LogP contribution in [0.15, 0.2) is 70.0 Å². The molecule has 0 fully saturated rings. The predicted octanol–water partition coefficient (Wildman–Crippen LogP) is 3.92. The summed E-state index contributed by atoms with van der Waals surface area (Å²) in [4.78, 5) is 27.2. The molecule has 0 unspecified atom stereocenters. The summed E-state index contributed by atoms with van der Waals surface area (Å²) in [6, 6.07) is 15.8. The van der Waals surface area contributed by atoms with E-state index >= 15 is 0 Å². The molecular formula is C20H15NO4. The van der Waals surface area contributed by atoms with E-state index in [-0.39, 0.29) is 5.78 Å². The van der Waals surface area contributed by atoms with Crippen molar-refractivity contribution in [3.05, 3.63) is 76.8 Å². The molecule has 124 valence electrons. The van der Waals surface area contributed by atoms with Crippen LogP contribution >= 0.6 is 0 Å². The number of H-pyrrole nitrogens is 1. The summed E-state index contributed by atoms with van der Waals surface area (Å²) in [6.07, 6.45) is 1.03. The number of carbonyl (C=O) groups is 1. The molecule has 4 aromatic rings. The fraction of sp³-hybridized carbons (Fsp3) is 0.100. The Morgan fingerprint density at radius 2 is 1.92 bits per heavy atom. The first kappa shape index (κ1) is 15.2. The zero-order chi connectivity index (χ0) is 17.4. The third-order valence-electron chi connectivity index (χ3n) is 4.13. The van der Waals surface area contributed by atoms with Gasteiger partial charge in [0.05, 0.1) is 0 Å². The van der Waals surface area contributed by atoms with E-state index < -0.39 is 11.7 Å². The first-order valence-corrected chi connectivity index (χ1v) is 7.93. The van der Waals surface area contributed by atoms with Crippen LogP contribution in [-0.4, -0.2) is 16.9 Å². The molecule has 0 radical (unpaired) electrons. The number of aromatic nitrogens is 1. The Balaban J connectivity index is 1.62. The Labute approximate surface area is 142 Å². The van der Waals surface area contributed by atoms with E-state index in [4.69, 9.17) is 9.15 Å². The number of nitrogens with one attached hydrogen (secondary N) is 1. The highest BCUT2D eigenvalue weighted by molar-refractivity contribution is 6.09. The van der Waals surface area contributed by atoms with Crippen LogP contribution in [-0.2, 0) is 0 Å². The molecule has 2 aromatic carbocycles. The van der Waals surface area contributed by atoms with Gasteiger partial charge < -0.3 is 14.1 Å². The second-order valence-electron chi connectivity index (χ2n) is 5.83. The predicted molar refractivity (Wildman–Crippen MR) is 95.2 cm³/mol. The Bertz CT molecular complexity index is 1140. The maximum atomic E-state index is 12.7. The number of rotatable bonds is 4. The lowest BCUT2D eigenvalue weighted by molar-refractivity contribution is 0.0820. The summed E-state index contributed by atoms with van der Waals surface area (Å²) in [6.45, 7) is 1.70. The van der Waals surface area contributed by atoms with Crippen LogP contribution < -0.4 is 10.4 Å². The van der Waals surface area contributed by atoms with E-state index in [0.717, 1.165) is 16.3 Å². The molecule has 0 aliphatic heterocycles. The molecule has 0 spiro atoms. The van der Waals surface area contributed by atoms with Crippen LogP contribution in [0, 0.1) is 0 Å². The van der Waals surface area contributed by atoms with Gasteiger partial charge >= 0.3 is 5.63 Å². The Hall–Kier alpha value is -3.34. The molecule has 5 nitrogen and oxygen atoms in total. The number of benzene rings is 2. The number of para-hydroxylation sites is 1. The third-order valence-corrected chi connectivity index (χ3v) is 4.13. The number of ketones is 1. The van der Waals surface area contributed by atoms with E-state index in [2.05, 4.69) is 4.98 Å². The monoisotopic (exact) mass is 333 g/mol. The molecule has 0 aliphatic rings. The summed E-state index contributed by atoms with van der Waals surface area (Å²) < 4.78 is 10.9. The fourth-order valence-electron chi connectivity index (χ4n) is 2.87. The zero-order valence-electron chi connectivity index (χ0n) is 13.5. The molecule has 25 heavy (non-hydrogen) atoms. The molecule has 2 heterocycles. The van der Waals surface area contributed by atoms with Crippen LogP contribution in [0.5, 0.6) is 5.75 Å². The summed E-state index contributed by atoms with van der Waals surface area (Å²) in [5, 5.41) is 1.66. The third kappa shape index (κ3) is 2.80. The second-order valence-corrected chi connectivity index (χ2v) is 5.83. The van der Waals surface area contributed by atoms with Gasteiger partial charge in [0.25, 0.3) is 0 Å². The van der Waals surface area contributed by atoms with Crippen molar-refractivity contribution in [1.29, 1.82) is 0 Å².